The zero-order valence-corrected chi connectivity index (χ0v) is 13.7. The first-order chi connectivity index (χ1) is 11.6. The smallest absolute Gasteiger partial charge is 0.261 e. The monoisotopic (exact) mass is 327 g/mol. The number of fused-ring (bicyclic) bond motifs is 1. The van der Waals surface area contributed by atoms with Crippen LogP contribution in [0, 0.1) is 0 Å². The minimum atomic E-state index is -0.285. The fraction of sp³-hybridized carbons (Fsp3) is 0.412. The van der Waals surface area contributed by atoms with Gasteiger partial charge >= 0.3 is 0 Å². The molecule has 3 rings (SSSR count). The Morgan fingerprint density at radius 3 is 2.92 bits per heavy atom. The predicted octanol–water partition coefficient (Wildman–Crippen LogP) is 1.39. The summed E-state index contributed by atoms with van der Waals surface area (Å²) in [6, 6.07) is 7.33. The van der Waals surface area contributed by atoms with E-state index in [1.165, 1.54) is 0 Å². The van der Waals surface area contributed by atoms with E-state index in [2.05, 4.69) is 15.3 Å². The van der Waals surface area contributed by atoms with E-state index in [0.717, 1.165) is 25.0 Å². The van der Waals surface area contributed by atoms with Crippen LogP contribution in [0.15, 0.2) is 41.6 Å². The molecule has 1 aromatic carbocycles. The van der Waals surface area contributed by atoms with Gasteiger partial charge in [-0.15, -0.1) is 5.10 Å². The Kier molecular flexibility index (Phi) is 5.00. The fourth-order valence-electron chi connectivity index (χ4n) is 2.62. The van der Waals surface area contributed by atoms with Gasteiger partial charge in [-0.3, -0.25) is 14.0 Å². The Labute approximate surface area is 139 Å². The number of hydrogen-bond acceptors (Lipinski definition) is 5. The Balaban J connectivity index is 1.63. The Bertz CT molecular complexity index is 869. The molecule has 0 radical (unpaired) electrons. The summed E-state index contributed by atoms with van der Waals surface area (Å²) in [5, 5.41) is 18.1. The molecule has 1 N–H and O–H groups in total. The lowest BCUT2D eigenvalue weighted by Crippen LogP contribution is -2.23. The first-order valence-electron chi connectivity index (χ1n) is 8.15. The van der Waals surface area contributed by atoms with Crippen LogP contribution >= 0.6 is 0 Å². The van der Waals surface area contributed by atoms with E-state index in [-0.39, 0.29) is 11.7 Å². The normalized spacial score (nSPS) is 12.6. The van der Waals surface area contributed by atoms with Crippen molar-refractivity contribution >= 4 is 10.9 Å². The van der Waals surface area contributed by atoms with Gasteiger partial charge in [-0.1, -0.05) is 17.3 Å². The van der Waals surface area contributed by atoms with Crippen LogP contribution in [0.4, 0.5) is 0 Å². The molecule has 2 aromatic heterocycles. The molecule has 0 aliphatic carbocycles. The van der Waals surface area contributed by atoms with Crippen LogP contribution in [-0.2, 0) is 19.5 Å². The first kappa shape index (κ1) is 16.3. The van der Waals surface area contributed by atoms with Gasteiger partial charge in [0, 0.05) is 12.7 Å². The third-order valence-electron chi connectivity index (χ3n) is 3.94. The minimum Gasteiger partial charge on any atom is -0.393 e. The summed E-state index contributed by atoms with van der Waals surface area (Å²) in [5.74, 6) is 0. The topological polar surface area (TPSA) is 85.8 Å². The molecule has 0 aliphatic heterocycles. The van der Waals surface area contributed by atoms with E-state index in [1.54, 1.807) is 28.6 Å². The van der Waals surface area contributed by atoms with Crippen molar-refractivity contribution in [1.29, 1.82) is 0 Å². The third kappa shape index (κ3) is 3.86. The highest BCUT2D eigenvalue weighted by atomic mass is 16.3. The maximum Gasteiger partial charge on any atom is 0.261 e. The van der Waals surface area contributed by atoms with Crippen molar-refractivity contribution in [3.8, 4) is 0 Å². The van der Waals surface area contributed by atoms with E-state index < -0.39 is 0 Å². The Hall–Kier alpha value is -2.54. The van der Waals surface area contributed by atoms with Crippen LogP contribution in [0.5, 0.6) is 0 Å². The highest BCUT2D eigenvalue weighted by Gasteiger charge is 2.05. The molecular weight excluding hydrogens is 306 g/mol. The largest absolute Gasteiger partial charge is 0.393 e. The van der Waals surface area contributed by atoms with Crippen molar-refractivity contribution in [2.24, 2.45) is 0 Å². The quantitative estimate of drug-likeness (QED) is 0.709. The highest BCUT2D eigenvalue weighted by Crippen LogP contribution is 2.06. The number of rotatable bonds is 7. The van der Waals surface area contributed by atoms with Gasteiger partial charge in [0.05, 0.1) is 35.6 Å². The van der Waals surface area contributed by atoms with Crippen molar-refractivity contribution in [2.75, 3.05) is 0 Å². The molecule has 7 nitrogen and oxygen atoms in total. The molecule has 0 fully saturated rings. The molecule has 3 aromatic rings. The molecule has 0 saturated heterocycles. The summed E-state index contributed by atoms with van der Waals surface area (Å²) in [4.78, 5) is 16.7. The third-order valence-corrected chi connectivity index (χ3v) is 3.94. The molecule has 0 saturated carbocycles. The van der Waals surface area contributed by atoms with Crippen molar-refractivity contribution in [3.63, 3.8) is 0 Å². The zero-order valence-electron chi connectivity index (χ0n) is 13.7. The van der Waals surface area contributed by atoms with Gasteiger partial charge in [0.25, 0.3) is 5.56 Å². The number of aromatic nitrogens is 5. The number of nitrogens with zero attached hydrogens (tertiary/aromatic N) is 5. The molecule has 0 bridgehead atoms. The van der Waals surface area contributed by atoms with E-state index in [0.29, 0.717) is 24.0 Å². The zero-order chi connectivity index (χ0) is 16.9. The number of aryl methyl sites for hydroxylation is 3. The van der Waals surface area contributed by atoms with Gasteiger partial charge in [-0.25, -0.2) is 4.98 Å². The van der Waals surface area contributed by atoms with Gasteiger partial charge in [0.1, 0.15) is 0 Å². The summed E-state index contributed by atoms with van der Waals surface area (Å²) >= 11 is 0. The molecule has 7 heteroatoms. The summed E-state index contributed by atoms with van der Waals surface area (Å²) in [6.07, 6.45) is 5.61. The van der Waals surface area contributed by atoms with Crippen LogP contribution in [0.3, 0.4) is 0 Å². The fourth-order valence-corrected chi connectivity index (χ4v) is 2.62. The summed E-state index contributed by atoms with van der Waals surface area (Å²) in [5.41, 5.74) is 1.57. The number of para-hydroxylation sites is 1. The first-order valence-corrected chi connectivity index (χ1v) is 8.15. The molecule has 1 atom stereocenters. The predicted molar refractivity (Wildman–Crippen MR) is 90.6 cm³/mol. The minimum absolute atomic E-state index is 0.0436. The highest BCUT2D eigenvalue weighted by molar-refractivity contribution is 5.76. The van der Waals surface area contributed by atoms with Gasteiger partial charge in [-0.05, 0) is 38.3 Å². The molecule has 0 amide bonds. The van der Waals surface area contributed by atoms with Crippen LogP contribution in [0.2, 0.25) is 0 Å². The second kappa shape index (κ2) is 7.35. The van der Waals surface area contributed by atoms with Crippen LogP contribution in [0.1, 0.15) is 25.5 Å². The summed E-state index contributed by atoms with van der Waals surface area (Å²) in [7, 11) is 0. The van der Waals surface area contributed by atoms with E-state index >= 15 is 0 Å². The number of aliphatic hydroxyl groups is 1. The van der Waals surface area contributed by atoms with Crippen molar-refractivity contribution in [3.05, 3.63) is 52.8 Å². The Morgan fingerprint density at radius 1 is 1.25 bits per heavy atom. The maximum atomic E-state index is 12.4. The van der Waals surface area contributed by atoms with E-state index in [4.69, 9.17) is 0 Å². The van der Waals surface area contributed by atoms with Gasteiger partial charge in [-0.2, -0.15) is 0 Å². The second-order valence-electron chi connectivity index (χ2n) is 5.97. The lowest BCUT2D eigenvalue weighted by Gasteiger charge is -2.06. The number of hydrogen-bond donors (Lipinski definition) is 1. The van der Waals surface area contributed by atoms with Crippen molar-refractivity contribution in [2.45, 2.75) is 45.4 Å². The Morgan fingerprint density at radius 2 is 2.08 bits per heavy atom. The van der Waals surface area contributed by atoms with E-state index in [9.17, 15) is 9.90 Å². The lowest BCUT2D eigenvalue weighted by molar-refractivity contribution is 0.181. The molecule has 0 aliphatic rings. The lowest BCUT2D eigenvalue weighted by atomic mass is 10.1. The molecule has 1 unspecified atom stereocenters. The van der Waals surface area contributed by atoms with Gasteiger partial charge in [0.2, 0.25) is 0 Å². The van der Waals surface area contributed by atoms with Gasteiger partial charge in [0.15, 0.2) is 0 Å². The summed E-state index contributed by atoms with van der Waals surface area (Å²) < 4.78 is 3.33. The molecular formula is C17H21N5O2. The number of benzene rings is 1. The van der Waals surface area contributed by atoms with Crippen LogP contribution in [-0.4, -0.2) is 35.8 Å². The molecule has 24 heavy (non-hydrogen) atoms. The molecule has 2 heterocycles. The van der Waals surface area contributed by atoms with Gasteiger partial charge < -0.3 is 5.11 Å². The van der Waals surface area contributed by atoms with Crippen LogP contribution in [0.25, 0.3) is 10.9 Å². The van der Waals surface area contributed by atoms with Crippen molar-refractivity contribution in [1.82, 2.24) is 24.5 Å². The van der Waals surface area contributed by atoms with Crippen molar-refractivity contribution < 1.29 is 5.11 Å². The van der Waals surface area contributed by atoms with Crippen LogP contribution < -0.4 is 5.56 Å². The maximum absolute atomic E-state index is 12.4. The number of aliphatic hydroxyl groups excluding tert-OH is 1. The van der Waals surface area contributed by atoms with E-state index in [1.807, 2.05) is 24.4 Å². The average molecular weight is 327 g/mol. The standard InChI is InChI=1S/C17H21N5O2/c1-13(23)5-4-6-14-11-22(20-19-14)10-9-21-12-18-16-8-3-2-7-15(16)17(21)24/h2-3,7-8,11-13,23H,4-6,9-10H2,1H3. The second-order valence-corrected chi connectivity index (χ2v) is 5.97. The molecule has 126 valence electrons. The molecule has 0 spiro atoms. The summed E-state index contributed by atoms with van der Waals surface area (Å²) in [6.45, 7) is 2.84. The SMILES string of the molecule is CC(O)CCCc1cn(CCn2cnc3ccccc3c2=O)nn1. The average Bonchev–Trinajstić information content (AvgIpc) is 3.02.